The normalized spacial score (nSPS) is 26.8. The highest BCUT2D eigenvalue weighted by atomic mass is 16.7. The van der Waals surface area contributed by atoms with Gasteiger partial charge in [0, 0.05) is 16.7 Å². The molecule has 0 aromatic heterocycles. The summed E-state index contributed by atoms with van der Waals surface area (Å²) in [6, 6.07) is 0. The number of carbonyl (C=O) groups excluding carboxylic acids is 2. The van der Waals surface area contributed by atoms with Gasteiger partial charge in [0.15, 0.2) is 0 Å². The lowest BCUT2D eigenvalue weighted by molar-refractivity contribution is -0.182. The molecule has 0 aliphatic heterocycles. The van der Waals surface area contributed by atoms with Crippen LogP contribution in [0.15, 0.2) is 35.5 Å². The number of aliphatic carboxylic acids is 2. The molecule has 9 nitrogen and oxygen atoms in total. The van der Waals surface area contributed by atoms with Crippen molar-refractivity contribution in [3.05, 3.63) is 35.5 Å². The number of esters is 2. The van der Waals surface area contributed by atoms with Crippen LogP contribution in [0, 0.1) is 40.9 Å². The van der Waals surface area contributed by atoms with Crippen LogP contribution in [-0.4, -0.2) is 53.6 Å². The van der Waals surface area contributed by atoms with E-state index in [1.807, 2.05) is 0 Å². The lowest BCUT2D eigenvalue weighted by atomic mass is 9.49. The average Bonchev–Trinajstić information content (AvgIpc) is 3.27. The van der Waals surface area contributed by atoms with Gasteiger partial charge in [0.1, 0.15) is 6.61 Å². The molecule has 0 amide bonds. The van der Waals surface area contributed by atoms with Gasteiger partial charge in [-0.15, -0.1) is 0 Å². The zero-order chi connectivity index (χ0) is 47.0. The number of carboxylic acids is 2. The quantitative estimate of drug-likeness (QED) is 0.0848. The SMILES string of the molecule is C=C(C)C(=O)O.C=C(C)C(=O)OC(C)OCCOC(=O)C12CC3CC(CC(C3)C1)C2.O=C(O)C(=C(C1CCCCCCCCC1)C1CCCCCCCCC1)C1CCCCCCCCC1. The van der Waals surface area contributed by atoms with Gasteiger partial charge in [-0.05, 0) is 133 Å². The Morgan fingerprint density at radius 2 is 0.862 bits per heavy atom. The van der Waals surface area contributed by atoms with E-state index in [1.165, 1.54) is 192 Å². The van der Waals surface area contributed by atoms with Crippen LogP contribution in [0.25, 0.3) is 0 Å². The molecule has 7 saturated carbocycles. The minimum absolute atomic E-state index is 0.0446. The van der Waals surface area contributed by atoms with Crippen molar-refractivity contribution in [1.82, 2.24) is 0 Å². The summed E-state index contributed by atoms with van der Waals surface area (Å²) < 4.78 is 15.9. The molecule has 370 valence electrons. The van der Waals surface area contributed by atoms with Gasteiger partial charge < -0.3 is 24.4 Å². The number of rotatable bonds is 12. The van der Waals surface area contributed by atoms with Crippen LogP contribution >= 0.6 is 0 Å². The first-order valence-electron chi connectivity index (χ1n) is 26.8. The summed E-state index contributed by atoms with van der Waals surface area (Å²) >= 11 is 0. The second kappa shape index (κ2) is 29.7. The number of carboxylic acid groups (broad SMARTS) is 2. The Morgan fingerprint density at radius 1 is 0.523 bits per heavy atom. The second-order valence-corrected chi connectivity index (χ2v) is 21.5. The first kappa shape index (κ1) is 54.7. The van der Waals surface area contributed by atoms with E-state index < -0.39 is 24.2 Å². The molecule has 0 aromatic rings. The first-order chi connectivity index (χ1) is 31.3. The maximum Gasteiger partial charge on any atom is 0.335 e. The molecule has 65 heavy (non-hydrogen) atoms. The smallest absolute Gasteiger partial charge is 0.335 e. The minimum atomic E-state index is -0.935. The zero-order valence-corrected chi connectivity index (χ0v) is 41.5. The number of carbonyl (C=O) groups is 4. The molecule has 0 saturated heterocycles. The summed E-state index contributed by atoms with van der Waals surface area (Å²) in [5.41, 5.74) is 2.70. The highest BCUT2D eigenvalue weighted by Crippen LogP contribution is 2.60. The number of hydrogen-bond donors (Lipinski definition) is 2. The third kappa shape index (κ3) is 19.3. The monoisotopic (exact) mass is 909 g/mol. The van der Waals surface area contributed by atoms with Crippen molar-refractivity contribution in [3.8, 4) is 0 Å². The number of allylic oxidation sites excluding steroid dienone is 1. The van der Waals surface area contributed by atoms with Gasteiger partial charge in [0.05, 0.1) is 12.0 Å². The fourth-order valence-electron chi connectivity index (χ4n) is 12.8. The third-order valence-corrected chi connectivity index (χ3v) is 15.8. The predicted octanol–water partition coefficient (Wildman–Crippen LogP) is 14.7. The summed E-state index contributed by atoms with van der Waals surface area (Å²) in [6.07, 6.45) is 41.5. The first-order valence-corrected chi connectivity index (χ1v) is 26.8. The molecule has 0 heterocycles. The summed E-state index contributed by atoms with van der Waals surface area (Å²) in [5.74, 6) is 1.53. The van der Waals surface area contributed by atoms with Gasteiger partial charge in [0.25, 0.3) is 0 Å². The minimum Gasteiger partial charge on any atom is -0.478 e. The van der Waals surface area contributed by atoms with Crippen LogP contribution in [0.2, 0.25) is 0 Å². The molecule has 0 spiro atoms. The van der Waals surface area contributed by atoms with E-state index in [2.05, 4.69) is 13.2 Å². The summed E-state index contributed by atoms with van der Waals surface area (Å²) in [7, 11) is 0. The van der Waals surface area contributed by atoms with E-state index in [1.54, 1.807) is 13.8 Å². The van der Waals surface area contributed by atoms with Gasteiger partial charge in [-0.1, -0.05) is 154 Å². The van der Waals surface area contributed by atoms with Gasteiger partial charge in [0.2, 0.25) is 6.29 Å². The number of ether oxygens (including phenoxy) is 3. The summed E-state index contributed by atoms with van der Waals surface area (Å²) in [4.78, 5) is 46.8. The van der Waals surface area contributed by atoms with Crippen LogP contribution in [-0.2, 0) is 33.4 Å². The molecule has 1 unspecified atom stereocenters. The molecule has 7 fully saturated rings. The molecule has 7 aliphatic rings. The van der Waals surface area contributed by atoms with Crippen molar-refractivity contribution in [2.45, 2.75) is 239 Å². The van der Waals surface area contributed by atoms with Crippen LogP contribution in [0.5, 0.6) is 0 Å². The molecule has 2 N–H and O–H groups in total. The van der Waals surface area contributed by atoms with E-state index in [9.17, 15) is 24.3 Å². The lowest BCUT2D eigenvalue weighted by Crippen LogP contribution is -2.50. The van der Waals surface area contributed by atoms with Crippen LogP contribution in [0.3, 0.4) is 0 Å². The highest BCUT2D eigenvalue weighted by molar-refractivity contribution is 5.88. The molecule has 4 bridgehead atoms. The largest absolute Gasteiger partial charge is 0.478 e. The van der Waals surface area contributed by atoms with Crippen molar-refractivity contribution in [2.75, 3.05) is 13.2 Å². The van der Waals surface area contributed by atoms with Gasteiger partial charge in [-0.3, -0.25) is 4.79 Å². The zero-order valence-electron chi connectivity index (χ0n) is 41.5. The maximum absolute atomic E-state index is 13.2. The van der Waals surface area contributed by atoms with E-state index in [0.717, 1.165) is 55.4 Å². The Labute approximate surface area is 394 Å². The molecule has 9 heteroatoms. The fraction of sp³-hybridized carbons (Fsp3) is 0.821. The Morgan fingerprint density at radius 3 is 1.18 bits per heavy atom. The Kier molecular flexibility index (Phi) is 25.0. The standard InChI is InChI=1S/C33H58O2.C19H28O5.C4H6O2/c34-33(35)32(30-26-20-14-8-3-9-15-21-27-30)31(28-22-16-10-4-1-5-11-17-23-28)29-24-18-12-6-2-7-13-19-25-29;1-12(2)17(20)24-13(3)22-4-5-23-18(21)19-9-14-6-15(10-19)8-16(7-14)11-19;1-3(2)4(5)6/h28-30H,1-27H2,(H,34,35);13-16H,1,4-11H2,2-3H3;1H2,2H3,(H,5,6). The van der Waals surface area contributed by atoms with E-state index in [-0.39, 0.29) is 30.2 Å². The molecule has 0 radical (unpaired) electrons. The fourth-order valence-corrected chi connectivity index (χ4v) is 12.8. The molecule has 0 aromatic carbocycles. The van der Waals surface area contributed by atoms with Gasteiger partial charge in [-0.25, -0.2) is 14.4 Å². The lowest BCUT2D eigenvalue weighted by Gasteiger charge is -2.55. The van der Waals surface area contributed by atoms with Crippen molar-refractivity contribution in [2.24, 2.45) is 40.9 Å². The van der Waals surface area contributed by atoms with E-state index in [4.69, 9.17) is 19.3 Å². The number of hydrogen-bond acceptors (Lipinski definition) is 7. The predicted molar refractivity (Wildman–Crippen MR) is 260 cm³/mol. The van der Waals surface area contributed by atoms with Crippen molar-refractivity contribution in [3.63, 3.8) is 0 Å². The Hall–Kier alpha value is -2.94. The summed E-state index contributed by atoms with van der Waals surface area (Å²) in [5, 5.41) is 18.7. The van der Waals surface area contributed by atoms with E-state index >= 15 is 0 Å². The van der Waals surface area contributed by atoms with Crippen LogP contribution in [0.1, 0.15) is 233 Å². The van der Waals surface area contributed by atoms with Crippen LogP contribution < -0.4 is 0 Å². The van der Waals surface area contributed by atoms with Gasteiger partial charge >= 0.3 is 23.9 Å². The van der Waals surface area contributed by atoms with Crippen molar-refractivity contribution in [1.29, 1.82) is 0 Å². The Balaban J connectivity index is 0.000000266. The van der Waals surface area contributed by atoms with Crippen molar-refractivity contribution >= 4 is 23.9 Å². The molecule has 7 aliphatic carbocycles. The molecular formula is C56H92O9. The third-order valence-electron chi connectivity index (χ3n) is 15.8. The topological polar surface area (TPSA) is 136 Å². The van der Waals surface area contributed by atoms with E-state index in [0.29, 0.717) is 23.3 Å². The highest BCUT2D eigenvalue weighted by Gasteiger charge is 2.55. The molecular weight excluding hydrogens is 817 g/mol. The molecule has 1 atom stereocenters. The average molecular weight is 909 g/mol. The van der Waals surface area contributed by atoms with Gasteiger partial charge in [-0.2, -0.15) is 0 Å². The second-order valence-electron chi connectivity index (χ2n) is 21.5. The van der Waals surface area contributed by atoms with Crippen LogP contribution in [0.4, 0.5) is 0 Å². The summed E-state index contributed by atoms with van der Waals surface area (Å²) in [6.45, 7) is 11.8. The molecule has 7 rings (SSSR count). The van der Waals surface area contributed by atoms with Crippen molar-refractivity contribution < 1.29 is 43.6 Å². The Bertz CT molecular complexity index is 1420. The maximum atomic E-state index is 13.2.